The molecule has 1 fully saturated rings. The highest BCUT2D eigenvalue weighted by molar-refractivity contribution is 6.32. The molecule has 3 aromatic rings. The Morgan fingerprint density at radius 1 is 1.23 bits per heavy atom. The monoisotopic (exact) mass is 568 g/mol. The summed E-state index contributed by atoms with van der Waals surface area (Å²) in [5.74, 6) is 2.03. The molecular weight excluding hydrogens is 536 g/mol. The molecule has 1 aliphatic heterocycles. The molecule has 1 amide bonds. The van der Waals surface area contributed by atoms with Crippen LogP contribution in [0.4, 0.5) is 17.6 Å². The van der Waals surface area contributed by atoms with Gasteiger partial charge in [0.05, 0.1) is 37.0 Å². The van der Waals surface area contributed by atoms with Gasteiger partial charge in [-0.3, -0.25) is 15.6 Å². The Hall–Kier alpha value is -4.16. The lowest BCUT2D eigenvalue weighted by atomic mass is 10.2. The van der Waals surface area contributed by atoms with Crippen LogP contribution in [0.15, 0.2) is 37.2 Å². The number of carbonyl (C=O) groups is 1. The summed E-state index contributed by atoms with van der Waals surface area (Å²) < 4.78 is 10.7. The fourth-order valence-corrected chi connectivity index (χ4v) is 4.59. The molecule has 0 radical (unpaired) electrons. The van der Waals surface area contributed by atoms with Crippen molar-refractivity contribution in [3.63, 3.8) is 0 Å². The minimum atomic E-state index is -0.494. The molecule has 1 saturated heterocycles. The zero-order valence-corrected chi connectivity index (χ0v) is 23.5. The molecule has 1 atom stereocenters. The standard InChI is InChI=1S/C27H33ClN8O4/c1-5-40-16(2)20-13-29-17(3)32-25(20)34-35-26(38)21-14-31-27(36-10-6-7-19(36)15-37)33-24(21)30-12-18-8-9-23(39-4)22(28)11-18/h8-9,11,13-14,19,37H,2,5-7,10,12,15H2,1,3-4H3,(H,35,38)(H,29,32,34)(H,30,31,33)/t19-/m0/s1. The minimum absolute atomic E-state index is 0.00362. The number of hydrogen-bond acceptors (Lipinski definition) is 11. The van der Waals surface area contributed by atoms with E-state index in [9.17, 15) is 9.90 Å². The Morgan fingerprint density at radius 3 is 2.75 bits per heavy atom. The molecule has 0 bridgehead atoms. The largest absolute Gasteiger partial charge is 0.495 e. The Labute approximate surface area is 237 Å². The van der Waals surface area contributed by atoms with Gasteiger partial charge in [-0.1, -0.05) is 24.2 Å². The van der Waals surface area contributed by atoms with Crippen LogP contribution in [0.1, 0.15) is 47.1 Å². The number of benzene rings is 1. The van der Waals surface area contributed by atoms with Crippen molar-refractivity contribution in [1.82, 2.24) is 25.4 Å². The average Bonchev–Trinajstić information content (AvgIpc) is 3.44. The Morgan fingerprint density at radius 2 is 2.02 bits per heavy atom. The molecule has 1 aliphatic rings. The molecular formula is C27H33ClN8O4. The van der Waals surface area contributed by atoms with Crippen LogP contribution in [0, 0.1) is 6.92 Å². The highest BCUT2D eigenvalue weighted by Crippen LogP contribution is 2.27. The van der Waals surface area contributed by atoms with E-state index in [4.69, 9.17) is 21.1 Å². The van der Waals surface area contributed by atoms with Crippen molar-refractivity contribution < 1.29 is 19.4 Å². The fraction of sp³-hybridized carbons (Fsp3) is 0.370. The smallest absolute Gasteiger partial charge is 0.274 e. The highest BCUT2D eigenvalue weighted by Gasteiger charge is 2.27. The van der Waals surface area contributed by atoms with Gasteiger partial charge in [-0.15, -0.1) is 0 Å². The summed E-state index contributed by atoms with van der Waals surface area (Å²) in [6, 6.07) is 5.35. The van der Waals surface area contributed by atoms with Gasteiger partial charge in [0.25, 0.3) is 5.91 Å². The number of aryl methyl sites for hydroxylation is 1. The van der Waals surface area contributed by atoms with Gasteiger partial charge < -0.3 is 24.8 Å². The number of carbonyl (C=O) groups excluding carboxylic acids is 1. The van der Waals surface area contributed by atoms with E-state index >= 15 is 0 Å². The van der Waals surface area contributed by atoms with E-state index in [0.29, 0.717) is 65.2 Å². The van der Waals surface area contributed by atoms with Gasteiger partial charge in [0.15, 0.2) is 5.82 Å². The number of halogens is 1. The summed E-state index contributed by atoms with van der Waals surface area (Å²) in [5.41, 5.74) is 7.09. The molecule has 13 heteroatoms. The number of nitrogens with one attached hydrogen (secondary N) is 3. The topological polar surface area (TPSA) is 147 Å². The zero-order chi connectivity index (χ0) is 28.6. The first kappa shape index (κ1) is 28.8. The molecule has 0 saturated carbocycles. The normalized spacial score (nSPS) is 14.5. The zero-order valence-electron chi connectivity index (χ0n) is 22.7. The number of aromatic nitrogens is 4. The van der Waals surface area contributed by atoms with Crippen molar-refractivity contribution in [3.05, 3.63) is 64.7 Å². The van der Waals surface area contributed by atoms with Gasteiger partial charge >= 0.3 is 0 Å². The lowest BCUT2D eigenvalue weighted by Gasteiger charge is -2.24. The number of hydrazine groups is 1. The van der Waals surface area contributed by atoms with Crippen LogP contribution in [-0.4, -0.2) is 63.9 Å². The predicted molar refractivity (Wildman–Crippen MR) is 153 cm³/mol. The number of nitrogens with zero attached hydrogens (tertiary/aromatic N) is 5. The number of rotatable bonds is 12. The van der Waals surface area contributed by atoms with Crippen LogP contribution < -0.4 is 25.8 Å². The molecule has 0 aliphatic carbocycles. The number of anilines is 3. The minimum Gasteiger partial charge on any atom is -0.495 e. The summed E-state index contributed by atoms with van der Waals surface area (Å²) in [7, 11) is 1.55. The third-order valence-electron chi connectivity index (χ3n) is 6.36. The van der Waals surface area contributed by atoms with Crippen molar-refractivity contribution in [2.45, 2.75) is 39.3 Å². The molecule has 1 aromatic carbocycles. The number of amides is 1. The second-order valence-corrected chi connectivity index (χ2v) is 9.45. The molecule has 0 unspecified atom stereocenters. The third kappa shape index (κ3) is 6.69. The maximum absolute atomic E-state index is 13.4. The lowest BCUT2D eigenvalue weighted by Crippen LogP contribution is -2.35. The highest BCUT2D eigenvalue weighted by atomic mass is 35.5. The molecule has 12 nitrogen and oxygen atoms in total. The van der Waals surface area contributed by atoms with E-state index in [2.05, 4.69) is 42.7 Å². The first-order valence-electron chi connectivity index (χ1n) is 12.9. The number of methoxy groups -OCH3 is 1. The first-order valence-corrected chi connectivity index (χ1v) is 13.2. The molecule has 212 valence electrons. The van der Waals surface area contributed by atoms with Gasteiger partial charge in [0.1, 0.15) is 28.7 Å². The Kier molecular flexibility index (Phi) is 9.56. The van der Waals surface area contributed by atoms with Crippen molar-refractivity contribution in [2.24, 2.45) is 0 Å². The SMILES string of the molecule is C=C(OCC)c1cnc(C)nc1NNC(=O)c1cnc(N2CCC[C@H]2CO)nc1NCc1ccc(OC)c(Cl)c1. The first-order chi connectivity index (χ1) is 19.3. The van der Waals surface area contributed by atoms with Crippen LogP contribution in [0.25, 0.3) is 5.76 Å². The summed E-state index contributed by atoms with van der Waals surface area (Å²) in [4.78, 5) is 33.0. The number of aliphatic hydroxyl groups excluding tert-OH is 1. The number of ether oxygens (including phenoxy) is 2. The van der Waals surface area contributed by atoms with Crippen molar-refractivity contribution >= 4 is 40.9 Å². The van der Waals surface area contributed by atoms with Crippen LogP contribution in [-0.2, 0) is 11.3 Å². The molecule has 0 spiro atoms. The van der Waals surface area contributed by atoms with Gasteiger partial charge in [-0.2, -0.15) is 4.98 Å². The Balaban J connectivity index is 1.58. The van der Waals surface area contributed by atoms with Crippen LogP contribution in [0.3, 0.4) is 0 Å². The predicted octanol–water partition coefficient (Wildman–Crippen LogP) is 3.57. The average molecular weight is 569 g/mol. The van der Waals surface area contributed by atoms with Crippen LogP contribution in [0.5, 0.6) is 5.75 Å². The molecule has 4 N–H and O–H groups in total. The van der Waals surface area contributed by atoms with E-state index in [0.717, 1.165) is 18.4 Å². The third-order valence-corrected chi connectivity index (χ3v) is 6.66. The van der Waals surface area contributed by atoms with Crippen molar-refractivity contribution in [1.29, 1.82) is 0 Å². The maximum Gasteiger partial charge on any atom is 0.274 e. The van der Waals surface area contributed by atoms with E-state index in [1.165, 1.54) is 6.20 Å². The lowest BCUT2D eigenvalue weighted by molar-refractivity contribution is 0.0962. The molecule has 3 heterocycles. The quantitative estimate of drug-likeness (QED) is 0.188. The summed E-state index contributed by atoms with van der Waals surface area (Å²) >= 11 is 6.29. The van der Waals surface area contributed by atoms with Gasteiger partial charge in [-0.25, -0.2) is 15.0 Å². The van der Waals surface area contributed by atoms with E-state index in [-0.39, 0.29) is 18.2 Å². The molecule has 2 aromatic heterocycles. The van der Waals surface area contributed by atoms with E-state index in [1.54, 1.807) is 32.4 Å². The van der Waals surface area contributed by atoms with Gasteiger partial charge in [0, 0.05) is 25.5 Å². The summed E-state index contributed by atoms with van der Waals surface area (Å²) in [6.45, 7) is 8.96. The van der Waals surface area contributed by atoms with Crippen LogP contribution in [0.2, 0.25) is 5.02 Å². The van der Waals surface area contributed by atoms with Gasteiger partial charge in [-0.05, 0) is 44.4 Å². The summed E-state index contributed by atoms with van der Waals surface area (Å²) in [6.07, 6.45) is 4.79. The molecule has 40 heavy (non-hydrogen) atoms. The second kappa shape index (κ2) is 13.3. The van der Waals surface area contributed by atoms with Crippen LogP contribution >= 0.6 is 11.6 Å². The summed E-state index contributed by atoms with van der Waals surface area (Å²) in [5, 5.41) is 13.5. The second-order valence-electron chi connectivity index (χ2n) is 9.04. The Bertz CT molecular complexity index is 1370. The number of aliphatic hydroxyl groups is 1. The molecule has 4 rings (SSSR count). The fourth-order valence-electron chi connectivity index (χ4n) is 4.31. The van der Waals surface area contributed by atoms with Gasteiger partial charge in [0.2, 0.25) is 5.95 Å². The van der Waals surface area contributed by atoms with E-state index in [1.807, 2.05) is 17.9 Å². The number of hydrogen-bond donors (Lipinski definition) is 4. The van der Waals surface area contributed by atoms with Crippen molar-refractivity contribution in [2.75, 3.05) is 42.5 Å². The van der Waals surface area contributed by atoms with Crippen molar-refractivity contribution in [3.8, 4) is 5.75 Å². The maximum atomic E-state index is 13.4. The van der Waals surface area contributed by atoms with E-state index < -0.39 is 5.91 Å².